The van der Waals surface area contributed by atoms with Crippen molar-refractivity contribution in [3.8, 4) is 11.3 Å². The van der Waals surface area contributed by atoms with Crippen LogP contribution in [0, 0.1) is 12.7 Å². The van der Waals surface area contributed by atoms with E-state index in [0.717, 1.165) is 66.1 Å². The average Bonchev–Trinajstić information content (AvgIpc) is 3.48. The van der Waals surface area contributed by atoms with Crippen LogP contribution in [0.4, 0.5) is 4.39 Å². The third-order valence-electron chi connectivity index (χ3n) is 7.10. The van der Waals surface area contributed by atoms with Gasteiger partial charge in [0, 0.05) is 51.1 Å². The van der Waals surface area contributed by atoms with Crippen molar-refractivity contribution in [2.45, 2.75) is 32.1 Å². The first-order valence-corrected chi connectivity index (χ1v) is 13.3. The Morgan fingerprint density at radius 3 is 2.83 bits per heavy atom. The molecule has 184 valence electrons. The molecule has 1 aliphatic heterocycles. The topological polar surface area (TPSA) is 63.6 Å². The second-order valence-corrected chi connectivity index (χ2v) is 10.6. The molecule has 0 atom stereocenters. The van der Waals surface area contributed by atoms with E-state index in [4.69, 9.17) is 21.1 Å². The molecule has 0 amide bonds. The fourth-order valence-electron chi connectivity index (χ4n) is 5.15. The normalized spacial score (nSPS) is 15.3. The molecule has 1 saturated heterocycles. The Morgan fingerprint density at radius 1 is 1.19 bits per heavy atom. The number of fused-ring (bicyclic) bond motifs is 2. The highest BCUT2D eigenvalue weighted by Crippen LogP contribution is 2.33. The number of nitrogens with zero attached hydrogens (tertiary/aromatic N) is 4. The minimum atomic E-state index is -0.318. The van der Waals surface area contributed by atoms with Crippen LogP contribution in [0.3, 0.4) is 0 Å². The van der Waals surface area contributed by atoms with Crippen molar-refractivity contribution >= 4 is 38.9 Å². The molecule has 3 aromatic heterocycles. The molecule has 0 spiro atoms. The maximum Gasteiger partial charge on any atom is 0.262 e. The van der Waals surface area contributed by atoms with Crippen LogP contribution in [0.5, 0.6) is 0 Å². The highest BCUT2D eigenvalue weighted by atomic mass is 35.5. The Bertz CT molecular complexity index is 1630. The number of halogens is 2. The Balaban J connectivity index is 1.18. The van der Waals surface area contributed by atoms with Gasteiger partial charge in [0.25, 0.3) is 5.56 Å². The van der Waals surface area contributed by atoms with Gasteiger partial charge in [-0.05, 0) is 63.5 Å². The zero-order valence-corrected chi connectivity index (χ0v) is 21.3. The number of likely N-dealkylation sites (tertiary alicyclic amines) is 1. The van der Waals surface area contributed by atoms with Crippen LogP contribution in [0.15, 0.2) is 57.2 Å². The SMILES string of the molecule is Cc1nc2scc(-c3cccc(Cl)c3)n2c(=O)c1CCN1CCC(c2noc3cc(F)ccc23)CC1. The number of hydrogen-bond donors (Lipinski definition) is 0. The van der Waals surface area contributed by atoms with Gasteiger partial charge in [-0.25, -0.2) is 9.37 Å². The van der Waals surface area contributed by atoms with Crippen LogP contribution in [-0.2, 0) is 6.42 Å². The first-order chi connectivity index (χ1) is 17.5. The Kier molecular flexibility index (Phi) is 6.11. The van der Waals surface area contributed by atoms with Crippen molar-refractivity contribution in [2.24, 2.45) is 0 Å². The van der Waals surface area contributed by atoms with E-state index >= 15 is 0 Å². The average molecular weight is 523 g/mol. The molecule has 6 nitrogen and oxygen atoms in total. The summed E-state index contributed by atoms with van der Waals surface area (Å²) in [5, 5.41) is 7.73. The Morgan fingerprint density at radius 2 is 2.03 bits per heavy atom. The summed E-state index contributed by atoms with van der Waals surface area (Å²) < 4.78 is 20.6. The van der Waals surface area contributed by atoms with Gasteiger partial charge in [-0.15, -0.1) is 11.3 Å². The van der Waals surface area contributed by atoms with Gasteiger partial charge >= 0.3 is 0 Å². The molecule has 2 aromatic carbocycles. The highest BCUT2D eigenvalue weighted by molar-refractivity contribution is 7.15. The van der Waals surface area contributed by atoms with E-state index in [-0.39, 0.29) is 17.3 Å². The zero-order valence-electron chi connectivity index (χ0n) is 19.7. The third kappa shape index (κ3) is 4.23. The number of benzene rings is 2. The van der Waals surface area contributed by atoms with Crippen molar-refractivity contribution in [3.63, 3.8) is 0 Å². The number of aromatic nitrogens is 3. The highest BCUT2D eigenvalue weighted by Gasteiger charge is 2.25. The van der Waals surface area contributed by atoms with Crippen molar-refractivity contribution < 1.29 is 8.91 Å². The van der Waals surface area contributed by atoms with Gasteiger partial charge in [0.1, 0.15) is 5.82 Å². The van der Waals surface area contributed by atoms with Gasteiger partial charge in [0.2, 0.25) is 0 Å². The van der Waals surface area contributed by atoms with Crippen LogP contribution in [-0.4, -0.2) is 39.1 Å². The van der Waals surface area contributed by atoms with Crippen molar-refractivity contribution in [1.82, 2.24) is 19.4 Å². The molecule has 0 bridgehead atoms. The molecule has 0 saturated carbocycles. The Hall–Kier alpha value is -3.07. The van der Waals surface area contributed by atoms with E-state index < -0.39 is 0 Å². The minimum Gasteiger partial charge on any atom is -0.356 e. The molecule has 36 heavy (non-hydrogen) atoms. The molecule has 0 unspecified atom stereocenters. The molecule has 0 radical (unpaired) electrons. The molecule has 0 aliphatic carbocycles. The maximum absolute atomic E-state index is 13.6. The lowest BCUT2D eigenvalue weighted by atomic mass is 9.91. The summed E-state index contributed by atoms with van der Waals surface area (Å²) in [6.07, 6.45) is 2.53. The maximum atomic E-state index is 13.6. The van der Waals surface area contributed by atoms with Gasteiger partial charge in [-0.2, -0.15) is 0 Å². The lowest BCUT2D eigenvalue weighted by molar-refractivity contribution is 0.211. The number of rotatable bonds is 5. The monoisotopic (exact) mass is 522 g/mol. The minimum absolute atomic E-state index is 0.00934. The number of piperidine rings is 1. The van der Waals surface area contributed by atoms with E-state index in [2.05, 4.69) is 10.1 Å². The number of hydrogen-bond acceptors (Lipinski definition) is 6. The molecular weight excluding hydrogens is 499 g/mol. The lowest BCUT2D eigenvalue weighted by Crippen LogP contribution is -2.35. The molecule has 9 heteroatoms. The lowest BCUT2D eigenvalue weighted by Gasteiger charge is -2.31. The van der Waals surface area contributed by atoms with E-state index in [1.165, 1.54) is 23.5 Å². The van der Waals surface area contributed by atoms with E-state index in [1.54, 1.807) is 10.5 Å². The Labute approximate surface area is 215 Å². The molecule has 4 heterocycles. The molecule has 0 N–H and O–H groups in total. The summed E-state index contributed by atoms with van der Waals surface area (Å²) in [7, 11) is 0. The smallest absolute Gasteiger partial charge is 0.262 e. The zero-order chi connectivity index (χ0) is 24.8. The second kappa shape index (κ2) is 9.42. The van der Waals surface area contributed by atoms with Crippen molar-refractivity contribution in [2.75, 3.05) is 19.6 Å². The standard InChI is InChI=1S/C27H24ClFN4O2S/c1-16-21(26(34)33-23(15-36-27(33)30-16)18-3-2-4-19(28)13-18)9-12-32-10-7-17(8-11-32)25-22-6-5-20(29)14-24(22)35-31-25/h2-6,13-15,17H,7-12H2,1H3. The predicted octanol–water partition coefficient (Wildman–Crippen LogP) is 6.09. The molecule has 1 aliphatic rings. The van der Waals surface area contributed by atoms with E-state index in [0.29, 0.717) is 22.0 Å². The summed E-state index contributed by atoms with van der Waals surface area (Å²) in [5.74, 6) is -0.0366. The first kappa shape index (κ1) is 23.3. The fourth-order valence-corrected chi connectivity index (χ4v) is 6.27. The van der Waals surface area contributed by atoms with Gasteiger partial charge in [-0.1, -0.05) is 28.9 Å². The van der Waals surface area contributed by atoms with E-state index in [1.807, 2.05) is 36.6 Å². The molecular formula is C27H24ClFN4O2S. The summed E-state index contributed by atoms with van der Waals surface area (Å²) in [4.78, 5) is 21.4. The fraction of sp³-hybridized carbons (Fsp3) is 0.296. The quantitative estimate of drug-likeness (QED) is 0.279. The first-order valence-electron chi connectivity index (χ1n) is 12.0. The van der Waals surface area contributed by atoms with Gasteiger partial charge in [0.05, 0.1) is 11.4 Å². The predicted molar refractivity (Wildman–Crippen MR) is 141 cm³/mol. The summed E-state index contributed by atoms with van der Waals surface area (Å²) in [6.45, 7) is 4.52. The molecule has 6 rings (SSSR count). The van der Waals surface area contributed by atoms with Crippen LogP contribution in [0.2, 0.25) is 5.02 Å². The van der Waals surface area contributed by atoms with Crippen molar-refractivity contribution in [1.29, 1.82) is 0 Å². The number of aryl methyl sites for hydroxylation is 1. The van der Waals surface area contributed by atoms with Gasteiger partial charge in [-0.3, -0.25) is 9.20 Å². The number of thiazole rings is 1. The van der Waals surface area contributed by atoms with E-state index in [9.17, 15) is 9.18 Å². The van der Waals surface area contributed by atoms with Crippen LogP contribution >= 0.6 is 22.9 Å². The van der Waals surface area contributed by atoms with Crippen LogP contribution < -0.4 is 5.56 Å². The molecule has 1 fully saturated rings. The van der Waals surface area contributed by atoms with Crippen LogP contribution in [0.25, 0.3) is 27.2 Å². The van der Waals surface area contributed by atoms with Gasteiger partial charge in [0.15, 0.2) is 10.5 Å². The second-order valence-electron chi connectivity index (χ2n) is 9.30. The third-order valence-corrected chi connectivity index (χ3v) is 8.17. The van der Waals surface area contributed by atoms with Gasteiger partial charge < -0.3 is 9.42 Å². The summed E-state index contributed by atoms with van der Waals surface area (Å²) >= 11 is 7.66. The van der Waals surface area contributed by atoms with Crippen molar-refractivity contribution in [3.05, 3.63) is 86.0 Å². The largest absolute Gasteiger partial charge is 0.356 e. The van der Waals surface area contributed by atoms with Crippen LogP contribution in [0.1, 0.15) is 35.7 Å². The molecule has 5 aromatic rings. The summed E-state index contributed by atoms with van der Waals surface area (Å²) in [6, 6.07) is 12.1. The summed E-state index contributed by atoms with van der Waals surface area (Å²) in [5.41, 5.74) is 4.66.